The lowest BCUT2D eigenvalue weighted by atomic mass is 9.93. The third kappa shape index (κ3) is 2.39. The first kappa shape index (κ1) is 14.0. The van der Waals surface area contributed by atoms with E-state index in [1.165, 1.54) is 10.9 Å². The zero-order chi connectivity index (χ0) is 15.2. The topological polar surface area (TPSA) is 45.3 Å². The number of rotatable bonds is 1. The van der Waals surface area contributed by atoms with Crippen LogP contribution in [0.15, 0.2) is 18.2 Å². The van der Waals surface area contributed by atoms with Crippen molar-refractivity contribution < 1.29 is 9.53 Å². The van der Waals surface area contributed by atoms with Crippen LogP contribution in [0.1, 0.15) is 32.0 Å². The Hall–Kier alpha value is -1.97. The zero-order valence-electron chi connectivity index (χ0n) is 13.1. The van der Waals surface area contributed by atoms with Gasteiger partial charge in [-0.2, -0.15) is 0 Å². The van der Waals surface area contributed by atoms with Crippen molar-refractivity contribution in [3.05, 3.63) is 29.5 Å². The van der Waals surface area contributed by atoms with E-state index in [4.69, 9.17) is 4.74 Å². The zero-order valence-corrected chi connectivity index (χ0v) is 13.1. The van der Waals surface area contributed by atoms with Crippen LogP contribution in [-0.2, 0) is 17.8 Å². The quantitative estimate of drug-likeness (QED) is 0.875. The van der Waals surface area contributed by atoms with Crippen LogP contribution in [0, 0.1) is 5.41 Å². The van der Waals surface area contributed by atoms with Gasteiger partial charge in [0.15, 0.2) is 0 Å². The molecule has 4 nitrogen and oxygen atoms in total. The number of nitrogens with one attached hydrogen (secondary N) is 1. The Balaban J connectivity index is 1.95. The van der Waals surface area contributed by atoms with Gasteiger partial charge in [-0.05, 0) is 30.2 Å². The average Bonchev–Trinajstić information content (AvgIpc) is 2.81. The maximum absolute atomic E-state index is 12.4. The van der Waals surface area contributed by atoms with Crippen molar-refractivity contribution in [1.82, 2.24) is 9.88 Å². The Kier molecular flexibility index (Phi) is 3.19. The number of amides is 1. The predicted molar refractivity (Wildman–Crippen MR) is 83.4 cm³/mol. The number of nitrogens with zero attached hydrogens (tertiary/aromatic N) is 1. The van der Waals surface area contributed by atoms with E-state index in [0.717, 1.165) is 29.9 Å². The smallest absolute Gasteiger partial charge is 0.228 e. The molecule has 0 atom stereocenters. The fraction of sp³-hybridized carbons (Fsp3) is 0.471. The second-order valence-electron chi connectivity index (χ2n) is 6.72. The van der Waals surface area contributed by atoms with Gasteiger partial charge < -0.3 is 14.6 Å². The summed E-state index contributed by atoms with van der Waals surface area (Å²) in [5.41, 5.74) is 3.27. The van der Waals surface area contributed by atoms with Crippen LogP contribution in [0.2, 0.25) is 0 Å². The number of carbonyl (C=O) groups is 1. The van der Waals surface area contributed by atoms with Crippen molar-refractivity contribution in [1.29, 1.82) is 0 Å². The highest BCUT2D eigenvalue weighted by Gasteiger charge is 2.30. The van der Waals surface area contributed by atoms with E-state index in [1.807, 2.05) is 37.8 Å². The molecule has 1 N–H and O–H groups in total. The predicted octanol–water partition coefficient (Wildman–Crippen LogP) is 3.11. The molecule has 2 aromatic rings. The van der Waals surface area contributed by atoms with Crippen LogP contribution in [0.4, 0.5) is 0 Å². The van der Waals surface area contributed by atoms with Crippen molar-refractivity contribution in [3.63, 3.8) is 0 Å². The molecule has 0 saturated carbocycles. The molecule has 1 aromatic carbocycles. The summed E-state index contributed by atoms with van der Waals surface area (Å²) in [6, 6.07) is 6.08. The molecular formula is C17H22N2O2. The Bertz CT molecular complexity index is 695. The van der Waals surface area contributed by atoms with Gasteiger partial charge >= 0.3 is 0 Å². The molecule has 0 radical (unpaired) electrons. The SMILES string of the molecule is COc1ccc2[nH]c3c(c2c1)CCN(C(=O)C(C)(C)C)C3. The van der Waals surface area contributed by atoms with Gasteiger partial charge in [-0.15, -0.1) is 0 Å². The number of aromatic amines is 1. The lowest BCUT2D eigenvalue weighted by molar-refractivity contribution is -0.140. The van der Waals surface area contributed by atoms with E-state index in [0.29, 0.717) is 6.54 Å². The van der Waals surface area contributed by atoms with Crippen molar-refractivity contribution in [2.45, 2.75) is 33.7 Å². The molecule has 1 amide bonds. The molecule has 112 valence electrons. The Morgan fingerprint density at radius 3 is 2.76 bits per heavy atom. The molecule has 0 unspecified atom stereocenters. The van der Waals surface area contributed by atoms with E-state index >= 15 is 0 Å². The minimum absolute atomic E-state index is 0.212. The molecule has 0 bridgehead atoms. The monoisotopic (exact) mass is 286 g/mol. The largest absolute Gasteiger partial charge is 0.497 e. The maximum Gasteiger partial charge on any atom is 0.228 e. The number of H-pyrrole nitrogens is 1. The molecule has 21 heavy (non-hydrogen) atoms. The van der Waals surface area contributed by atoms with Crippen LogP contribution in [0.25, 0.3) is 10.9 Å². The second kappa shape index (κ2) is 4.79. The first-order valence-electron chi connectivity index (χ1n) is 7.37. The van der Waals surface area contributed by atoms with E-state index in [1.54, 1.807) is 7.11 Å². The molecule has 0 spiro atoms. The molecule has 0 fully saturated rings. The van der Waals surface area contributed by atoms with Gasteiger partial charge in [0.2, 0.25) is 5.91 Å². The Morgan fingerprint density at radius 2 is 2.10 bits per heavy atom. The minimum Gasteiger partial charge on any atom is -0.497 e. The van der Waals surface area contributed by atoms with Gasteiger partial charge in [-0.3, -0.25) is 4.79 Å². The van der Waals surface area contributed by atoms with Gasteiger partial charge in [-0.1, -0.05) is 20.8 Å². The standard InChI is InChI=1S/C17H22N2O2/c1-17(2,3)16(20)19-8-7-12-13-9-11(21-4)5-6-14(13)18-15(12)10-19/h5-6,9,18H,7-8,10H2,1-4H3. The molecular weight excluding hydrogens is 264 g/mol. The minimum atomic E-state index is -0.327. The molecule has 1 aliphatic rings. The van der Waals surface area contributed by atoms with Crippen molar-refractivity contribution in [2.24, 2.45) is 5.41 Å². The van der Waals surface area contributed by atoms with Gasteiger partial charge in [0.25, 0.3) is 0 Å². The van der Waals surface area contributed by atoms with Gasteiger partial charge in [0, 0.05) is 28.6 Å². The Labute approximate surface area is 125 Å². The number of hydrogen-bond donors (Lipinski definition) is 1. The highest BCUT2D eigenvalue weighted by Crippen LogP contribution is 2.31. The van der Waals surface area contributed by atoms with E-state index in [-0.39, 0.29) is 11.3 Å². The number of methoxy groups -OCH3 is 1. The average molecular weight is 286 g/mol. The first-order chi connectivity index (χ1) is 9.90. The van der Waals surface area contributed by atoms with Crippen LogP contribution < -0.4 is 4.74 Å². The van der Waals surface area contributed by atoms with Crippen LogP contribution in [0.5, 0.6) is 5.75 Å². The van der Waals surface area contributed by atoms with Gasteiger partial charge in [-0.25, -0.2) is 0 Å². The summed E-state index contributed by atoms with van der Waals surface area (Å²) in [5, 5.41) is 1.22. The second-order valence-corrected chi connectivity index (χ2v) is 6.72. The van der Waals surface area contributed by atoms with Crippen LogP contribution in [-0.4, -0.2) is 29.4 Å². The fourth-order valence-electron chi connectivity index (χ4n) is 2.99. The lowest BCUT2D eigenvalue weighted by Crippen LogP contribution is -2.42. The highest BCUT2D eigenvalue weighted by molar-refractivity contribution is 5.87. The van der Waals surface area contributed by atoms with Crippen molar-refractivity contribution in [3.8, 4) is 5.75 Å². The van der Waals surface area contributed by atoms with E-state index in [9.17, 15) is 4.79 Å². The number of ether oxygens (including phenoxy) is 1. The fourth-order valence-corrected chi connectivity index (χ4v) is 2.99. The lowest BCUT2D eigenvalue weighted by Gasteiger charge is -2.32. The normalized spacial score (nSPS) is 15.1. The maximum atomic E-state index is 12.4. The van der Waals surface area contributed by atoms with Crippen molar-refractivity contribution in [2.75, 3.05) is 13.7 Å². The third-order valence-electron chi connectivity index (χ3n) is 4.11. The number of hydrogen-bond acceptors (Lipinski definition) is 2. The first-order valence-corrected chi connectivity index (χ1v) is 7.37. The number of fused-ring (bicyclic) bond motifs is 3. The number of benzene rings is 1. The molecule has 4 heteroatoms. The molecule has 3 rings (SSSR count). The summed E-state index contributed by atoms with van der Waals surface area (Å²) in [7, 11) is 1.68. The molecule has 0 saturated heterocycles. The van der Waals surface area contributed by atoms with Crippen LogP contribution >= 0.6 is 0 Å². The van der Waals surface area contributed by atoms with Crippen molar-refractivity contribution >= 4 is 16.8 Å². The molecule has 1 aliphatic heterocycles. The highest BCUT2D eigenvalue weighted by atomic mass is 16.5. The number of aromatic nitrogens is 1. The van der Waals surface area contributed by atoms with E-state index in [2.05, 4.69) is 11.1 Å². The summed E-state index contributed by atoms with van der Waals surface area (Å²) in [6.45, 7) is 7.37. The number of carbonyl (C=O) groups excluding carboxylic acids is 1. The molecule has 2 heterocycles. The molecule has 1 aromatic heterocycles. The summed E-state index contributed by atoms with van der Waals surface area (Å²) in [4.78, 5) is 17.8. The van der Waals surface area contributed by atoms with Crippen LogP contribution in [0.3, 0.4) is 0 Å². The summed E-state index contributed by atoms with van der Waals surface area (Å²) < 4.78 is 5.31. The third-order valence-corrected chi connectivity index (χ3v) is 4.11. The molecule has 0 aliphatic carbocycles. The summed E-state index contributed by atoms with van der Waals surface area (Å²) in [5.74, 6) is 1.09. The summed E-state index contributed by atoms with van der Waals surface area (Å²) >= 11 is 0. The summed E-state index contributed by atoms with van der Waals surface area (Å²) in [6.07, 6.45) is 0.893. The van der Waals surface area contributed by atoms with Gasteiger partial charge in [0.1, 0.15) is 5.75 Å². The Morgan fingerprint density at radius 1 is 1.33 bits per heavy atom. The van der Waals surface area contributed by atoms with Gasteiger partial charge in [0.05, 0.1) is 13.7 Å². The van der Waals surface area contributed by atoms with E-state index < -0.39 is 0 Å².